The predicted molar refractivity (Wildman–Crippen MR) is 176 cm³/mol. The number of amides is 5. The van der Waals surface area contributed by atoms with Crippen molar-refractivity contribution < 1.29 is 37.9 Å². The number of carbonyl (C=O) groups is 6. The van der Waals surface area contributed by atoms with E-state index in [2.05, 4.69) is 16.0 Å². The minimum absolute atomic E-state index is 0.0829. The van der Waals surface area contributed by atoms with Crippen molar-refractivity contribution in [1.29, 1.82) is 0 Å². The number of ether oxygens (including phenoxy) is 1. The van der Waals surface area contributed by atoms with Gasteiger partial charge in [-0.25, -0.2) is 9.59 Å². The van der Waals surface area contributed by atoms with Crippen LogP contribution in [0.4, 0.5) is 4.79 Å². The number of rotatable bonds is 16. The smallest absolute Gasteiger partial charge is 0.329 e. The molecule has 5 amide bonds. The van der Waals surface area contributed by atoms with Crippen molar-refractivity contribution in [3.8, 4) is 0 Å². The van der Waals surface area contributed by atoms with E-state index in [4.69, 9.17) is 14.9 Å². The summed E-state index contributed by atoms with van der Waals surface area (Å²) < 4.78 is 10.6. The summed E-state index contributed by atoms with van der Waals surface area (Å²) in [5.41, 5.74) is 3.82. The standard InChI is InChI=1S/C35H53N5O8/c1-34(2,3)27(38-33(46)39-28(35(4,5)6)32(45)48-19-22-12-10-16-47-22)31(44)40-18-21-17-23(21)25(40)30(43)37-24(26(41)29(36)42)13-9-7-8-11-20-14-15-20/h10,12,16,20-21,23-25,27-28H,7-9,11,13-15,17-19H2,1-6H3,(H2,36,42)(H,37,43)(H2,38,39,46)/t21-,23-,24?,25-,27+,28+/m0/s1. The average Bonchev–Trinajstić information content (AvgIpc) is 3.88. The number of Topliss-reactive ketones (excluding diaryl/α,β-unsaturated/α-hetero) is 1. The Kier molecular flexibility index (Phi) is 11.6. The Labute approximate surface area is 282 Å². The summed E-state index contributed by atoms with van der Waals surface area (Å²) in [6, 6.07) is -1.41. The molecule has 1 aliphatic heterocycles. The number of primary amides is 1. The topological polar surface area (TPSA) is 190 Å². The summed E-state index contributed by atoms with van der Waals surface area (Å²) in [4.78, 5) is 80.3. The molecule has 3 aliphatic rings. The number of hydrogen-bond donors (Lipinski definition) is 4. The number of ketones is 1. The predicted octanol–water partition coefficient (Wildman–Crippen LogP) is 3.20. The molecular formula is C35H53N5O8. The fraction of sp³-hybridized carbons (Fsp3) is 0.714. The SMILES string of the molecule is CC(C)(C)[C@H](NC(=O)N[C@H](C(=O)N1C[C@@H]2C[C@@H]2[C@H]1C(=O)NC(CCCCCC1CC1)C(=O)C(N)=O)C(C)(C)C)C(=O)OCc1ccco1. The first-order valence-electron chi connectivity index (χ1n) is 17.2. The first kappa shape index (κ1) is 36.9. The number of unbranched alkanes of at least 4 members (excludes halogenated alkanes) is 2. The van der Waals surface area contributed by atoms with Crippen molar-refractivity contribution in [1.82, 2.24) is 20.9 Å². The molecule has 1 unspecified atom stereocenters. The van der Waals surface area contributed by atoms with Crippen LogP contribution >= 0.6 is 0 Å². The maximum absolute atomic E-state index is 14.2. The Morgan fingerprint density at radius 2 is 1.62 bits per heavy atom. The second kappa shape index (κ2) is 15.1. The maximum Gasteiger partial charge on any atom is 0.329 e. The van der Waals surface area contributed by atoms with E-state index in [1.165, 1.54) is 24.0 Å². The Hall–Kier alpha value is -3.90. The number of carbonyl (C=O) groups excluding carboxylic acids is 6. The van der Waals surface area contributed by atoms with Gasteiger partial charge in [0.05, 0.1) is 12.3 Å². The van der Waals surface area contributed by atoms with Crippen molar-refractivity contribution in [3.63, 3.8) is 0 Å². The lowest BCUT2D eigenvalue weighted by atomic mass is 9.85. The molecule has 0 bridgehead atoms. The van der Waals surface area contributed by atoms with E-state index in [0.29, 0.717) is 18.7 Å². The minimum atomic E-state index is -1.11. The van der Waals surface area contributed by atoms with Crippen LogP contribution in [-0.2, 0) is 35.3 Å². The molecule has 0 spiro atoms. The molecule has 266 valence electrons. The van der Waals surface area contributed by atoms with Crippen LogP contribution in [0.25, 0.3) is 0 Å². The fourth-order valence-electron chi connectivity index (χ4n) is 6.46. The molecule has 2 heterocycles. The average molecular weight is 672 g/mol. The lowest BCUT2D eigenvalue weighted by molar-refractivity contribution is -0.150. The first-order valence-corrected chi connectivity index (χ1v) is 17.2. The summed E-state index contributed by atoms with van der Waals surface area (Å²) in [6.07, 6.45) is 8.78. The number of hydrogen-bond acceptors (Lipinski definition) is 8. The highest BCUT2D eigenvalue weighted by atomic mass is 16.5. The van der Waals surface area contributed by atoms with Gasteiger partial charge >= 0.3 is 12.0 Å². The third kappa shape index (κ3) is 9.82. The Balaban J connectivity index is 1.42. The van der Waals surface area contributed by atoms with Gasteiger partial charge in [-0.05, 0) is 53.6 Å². The Morgan fingerprint density at radius 3 is 2.21 bits per heavy atom. The second-order valence-corrected chi connectivity index (χ2v) is 15.9. The van der Waals surface area contributed by atoms with Crippen molar-refractivity contribution in [2.75, 3.05) is 6.54 Å². The van der Waals surface area contributed by atoms with Crippen LogP contribution in [-0.4, -0.2) is 71.1 Å². The lowest BCUT2D eigenvalue weighted by Gasteiger charge is -2.37. The number of fused-ring (bicyclic) bond motifs is 1. The molecule has 4 rings (SSSR count). The van der Waals surface area contributed by atoms with E-state index < -0.39 is 70.5 Å². The van der Waals surface area contributed by atoms with Gasteiger partial charge in [0.15, 0.2) is 0 Å². The van der Waals surface area contributed by atoms with Gasteiger partial charge in [-0.1, -0.05) is 80.1 Å². The maximum atomic E-state index is 14.2. The third-order valence-corrected chi connectivity index (χ3v) is 9.58. The van der Waals surface area contributed by atoms with Crippen molar-refractivity contribution in [2.45, 2.75) is 124 Å². The molecule has 48 heavy (non-hydrogen) atoms. The van der Waals surface area contributed by atoms with E-state index in [1.807, 2.05) is 0 Å². The van der Waals surface area contributed by atoms with E-state index in [9.17, 15) is 28.8 Å². The lowest BCUT2D eigenvalue weighted by Crippen LogP contribution is -2.62. The van der Waals surface area contributed by atoms with E-state index in [-0.39, 0.29) is 24.9 Å². The molecule has 5 N–H and O–H groups in total. The van der Waals surface area contributed by atoms with E-state index in [1.54, 1.807) is 53.7 Å². The second-order valence-electron chi connectivity index (χ2n) is 15.9. The number of nitrogens with two attached hydrogens (primary N) is 1. The highest BCUT2D eigenvalue weighted by Crippen LogP contribution is 2.50. The van der Waals surface area contributed by atoms with Crippen LogP contribution < -0.4 is 21.7 Å². The highest BCUT2D eigenvalue weighted by Gasteiger charge is 2.58. The number of nitrogens with zero attached hydrogens (tertiary/aromatic N) is 1. The van der Waals surface area contributed by atoms with Crippen molar-refractivity contribution in [2.24, 2.45) is 34.3 Å². The highest BCUT2D eigenvalue weighted by molar-refractivity contribution is 6.37. The Morgan fingerprint density at radius 1 is 0.958 bits per heavy atom. The van der Waals surface area contributed by atoms with Gasteiger partial charge in [0.25, 0.3) is 5.91 Å². The molecule has 2 aliphatic carbocycles. The Bertz CT molecular complexity index is 1340. The minimum Gasteiger partial charge on any atom is -0.466 e. The summed E-state index contributed by atoms with van der Waals surface area (Å²) in [5, 5.41) is 8.20. The van der Waals surface area contributed by atoms with E-state index >= 15 is 0 Å². The molecule has 2 saturated carbocycles. The number of esters is 1. The van der Waals surface area contributed by atoms with Crippen molar-refractivity contribution >= 4 is 35.5 Å². The largest absolute Gasteiger partial charge is 0.466 e. The zero-order valence-electron chi connectivity index (χ0n) is 29.1. The number of likely N-dealkylation sites (tertiary alicyclic amines) is 1. The molecule has 13 nitrogen and oxygen atoms in total. The summed E-state index contributed by atoms with van der Waals surface area (Å²) >= 11 is 0. The van der Waals surface area contributed by atoms with Crippen LogP contribution in [0.2, 0.25) is 0 Å². The van der Waals surface area contributed by atoms with Gasteiger partial charge in [0.2, 0.25) is 17.6 Å². The molecule has 0 radical (unpaired) electrons. The number of nitrogens with one attached hydrogen (secondary N) is 3. The number of urea groups is 1. The van der Waals surface area contributed by atoms with Crippen LogP contribution in [0.5, 0.6) is 0 Å². The van der Waals surface area contributed by atoms with Gasteiger partial charge in [-0.3, -0.25) is 19.2 Å². The van der Waals surface area contributed by atoms with Crippen LogP contribution in [0, 0.1) is 28.6 Å². The normalized spacial score (nSPS) is 22.1. The summed E-state index contributed by atoms with van der Waals surface area (Å²) in [7, 11) is 0. The van der Waals surface area contributed by atoms with Gasteiger partial charge in [0.1, 0.15) is 30.5 Å². The number of piperidine rings is 1. The van der Waals surface area contributed by atoms with Crippen LogP contribution in [0.1, 0.15) is 98.7 Å². The molecule has 3 fully saturated rings. The van der Waals surface area contributed by atoms with Gasteiger partial charge < -0.3 is 35.7 Å². The van der Waals surface area contributed by atoms with Gasteiger partial charge in [-0.2, -0.15) is 0 Å². The molecule has 13 heteroatoms. The molecule has 1 saturated heterocycles. The van der Waals surface area contributed by atoms with Crippen molar-refractivity contribution in [3.05, 3.63) is 24.2 Å². The molecule has 1 aromatic rings. The van der Waals surface area contributed by atoms with Gasteiger partial charge in [0, 0.05) is 6.54 Å². The zero-order valence-corrected chi connectivity index (χ0v) is 29.1. The monoisotopic (exact) mass is 671 g/mol. The molecular weight excluding hydrogens is 618 g/mol. The first-order chi connectivity index (χ1) is 22.5. The van der Waals surface area contributed by atoms with E-state index in [0.717, 1.165) is 31.6 Å². The quantitative estimate of drug-likeness (QED) is 0.117. The molecule has 0 aromatic carbocycles. The van der Waals surface area contributed by atoms with Gasteiger partial charge in [-0.15, -0.1) is 0 Å². The number of furan rings is 1. The summed E-state index contributed by atoms with van der Waals surface area (Å²) in [6.45, 7) is 11.0. The zero-order chi connectivity index (χ0) is 35.4. The molecule has 6 atom stereocenters. The van der Waals surface area contributed by atoms with Crippen LogP contribution in [0.3, 0.4) is 0 Å². The fourth-order valence-corrected chi connectivity index (χ4v) is 6.46. The van der Waals surface area contributed by atoms with Crippen LogP contribution in [0.15, 0.2) is 22.8 Å². The molecule has 1 aromatic heterocycles. The third-order valence-electron chi connectivity index (χ3n) is 9.58. The summed E-state index contributed by atoms with van der Waals surface area (Å²) in [5.74, 6) is -2.27.